The Morgan fingerprint density at radius 1 is 1.00 bits per heavy atom. The molecule has 0 radical (unpaired) electrons. The summed E-state index contributed by atoms with van der Waals surface area (Å²) in [5, 5.41) is 0. The van der Waals surface area contributed by atoms with Crippen LogP contribution in [0.3, 0.4) is 0 Å². The van der Waals surface area contributed by atoms with Gasteiger partial charge in [-0.3, -0.25) is 20.4 Å². The third kappa shape index (κ3) is 5.94. The number of hydrogen-bond donors (Lipinski definition) is 2. The summed E-state index contributed by atoms with van der Waals surface area (Å²) in [5.74, 6) is -0.372. The van der Waals surface area contributed by atoms with E-state index in [9.17, 15) is 14.0 Å². The van der Waals surface area contributed by atoms with Gasteiger partial charge in [-0.2, -0.15) is 0 Å². The predicted octanol–water partition coefficient (Wildman–Crippen LogP) is 2.46. The number of hydrogen-bond acceptors (Lipinski definition) is 4. The number of methoxy groups -OCH3 is 1. The first-order valence-corrected chi connectivity index (χ1v) is 7.82. The summed E-state index contributed by atoms with van der Waals surface area (Å²) in [7, 11) is 1.57. The number of halogens is 1. The van der Waals surface area contributed by atoms with E-state index >= 15 is 0 Å². The molecule has 0 saturated heterocycles. The first-order chi connectivity index (χ1) is 12.5. The Labute approximate surface area is 150 Å². The number of carbonyl (C=O) groups excluding carboxylic acids is 2. The predicted molar refractivity (Wildman–Crippen MR) is 94.8 cm³/mol. The molecule has 2 aromatic rings. The third-order valence-electron chi connectivity index (χ3n) is 3.35. The van der Waals surface area contributed by atoms with Crippen molar-refractivity contribution in [1.82, 2.24) is 10.9 Å². The van der Waals surface area contributed by atoms with Gasteiger partial charge in [0.05, 0.1) is 7.11 Å². The van der Waals surface area contributed by atoms with Crippen LogP contribution in [0, 0.1) is 5.82 Å². The van der Waals surface area contributed by atoms with Crippen molar-refractivity contribution in [3.8, 4) is 11.5 Å². The molecule has 0 bridgehead atoms. The fraction of sp³-hybridized carbons (Fsp3) is 0.158. The van der Waals surface area contributed by atoms with Crippen molar-refractivity contribution >= 4 is 17.9 Å². The van der Waals surface area contributed by atoms with Crippen LogP contribution < -0.4 is 20.3 Å². The van der Waals surface area contributed by atoms with Crippen molar-refractivity contribution in [2.24, 2.45) is 0 Å². The minimum Gasteiger partial charge on any atom is -0.497 e. The largest absolute Gasteiger partial charge is 0.497 e. The van der Waals surface area contributed by atoms with Gasteiger partial charge in [0.2, 0.25) is 0 Å². The van der Waals surface area contributed by atoms with Crippen LogP contribution in [0.1, 0.15) is 12.5 Å². The lowest BCUT2D eigenvalue weighted by atomic mass is 10.2. The highest BCUT2D eigenvalue weighted by molar-refractivity contribution is 5.93. The molecule has 0 heterocycles. The van der Waals surface area contributed by atoms with E-state index in [-0.39, 0.29) is 0 Å². The summed E-state index contributed by atoms with van der Waals surface area (Å²) in [6, 6.07) is 12.4. The summed E-state index contributed by atoms with van der Waals surface area (Å²) in [4.78, 5) is 23.6. The normalized spacial score (nSPS) is 11.7. The highest BCUT2D eigenvalue weighted by Gasteiger charge is 2.14. The highest BCUT2D eigenvalue weighted by atomic mass is 19.1. The van der Waals surface area contributed by atoms with Gasteiger partial charge in [0.1, 0.15) is 17.3 Å². The van der Waals surface area contributed by atoms with Gasteiger partial charge in [0.25, 0.3) is 11.8 Å². The zero-order valence-electron chi connectivity index (χ0n) is 14.4. The van der Waals surface area contributed by atoms with Crippen molar-refractivity contribution in [3.05, 3.63) is 66.0 Å². The molecule has 0 aliphatic heterocycles. The molecule has 2 rings (SSSR count). The first kappa shape index (κ1) is 19.0. The maximum absolute atomic E-state index is 12.8. The Morgan fingerprint density at radius 3 is 2.23 bits per heavy atom. The molecule has 26 heavy (non-hydrogen) atoms. The fourth-order valence-corrected chi connectivity index (χ4v) is 1.92. The molecule has 0 aromatic heterocycles. The molecule has 6 nitrogen and oxygen atoms in total. The average molecular weight is 358 g/mol. The van der Waals surface area contributed by atoms with E-state index in [4.69, 9.17) is 9.47 Å². The lowest BCUT2D eigenvalue weighted by Gasteiger charge is -2.14. The minimum absolute atomic E-state index is 0.347. The lowest BCUT2D eigenvalue weighted by molar-refractivity contribution is -0.131. The summed E-state index contributed by atoms with van der Waals surface area (Å²) in [5.41, 5.74) is 5.33. The SMILES string of the molecule is COc1ccc(/C=C/C(=O)NNC(=O)[C@@H](C)Oc2ccc(F)cc2)cc1. The second kappa shape index (κ2) is 9.22. The van der Waals surface area contributed by atoms with E-state index in [2.05, 4.69) is 10.9 Å². The second-order valence-corrected chi connectivity index (χ2v) is 5.30. The molecule has 0 aliphatic rings. The van der Waals surface area contributed by atoms with Gasteiger partial charge in [-0.05, 0) is 55.0 Å². The highest BCUT2D eigenvalue weighted by Crippen LogP contribution is 2.13. The molecule has 0 fully saturated rings. The Morgan fingerprint density at radius 2 is 1.62 bits per heavy atom. The van der Waals surface area contributed by atoms with Crippen molar-refractivity contribution in [1.29, 1.82) is 0 Å². The molecular weight excluding hydrogens is 339 g/mol. The zero-order chi connectivity index (χ0) is 18.9. The molecule has 2 N–H and O–H groups in total. The minimum atomic E-state index is -0.869. The summed E-state index contributed by atoms with van der Waals surface area (Å²) >= 11 is 0. The van der Waals surface area contributed by atoms with Crippen LogP contribution in [0.4, 0.5) is 4.39 Å². The Kier molecular flexibility index (Phi) is 6.73. The maximum Gasteiger partial charge on any atom is 0.279 e. The summed E-state index contributed by atoms with van der Waals surface area (Å²) in [6.07, 6.45) is 2.01. The van der Waals surface area contributed by atoms with Crippen LogP contribution in [0.2, 0.25) is 0 Å². The number of ether oxygens (including phenoxy) is 2. The topological polar surface area (TPSA) is 76.7 Å². The Bertz CT molecular complexity index is 773. The van der Waals surface area contributed by atoms with E-state index in [0.29, 0.717) is 11.5 Å². The van der Waals surface area contributed by atoms with Gasteiger partial charge < -0.3 is 9.47 Å². The Balaban J connectivity index is 1.78. The molecule has 7 heteroatoms. The molecule has 1 atom stereocenters. The van der Waals surface area contributed by atoms with E-state index in [1.54, 1.807) is 37.5 Å². The molecule has 2 aromatic carbocycles. The van der Waals surface area contributed by atoms with E-state index in [0.717, 1.165) is 5.56 Å². The number of rotatable bonds is 6. The van der Waals surface area contributed by atoms with Gasteiger partial charge in [-0.25, -0.2) is 4.39 Å². The van der Waals surface area contributed by atoms with Crippen LogP contribution in [0.15, 0.2) is 54.6 Å². The number of carbonyl (C=O) groups is 2. The third-order valence-corrected chi connectivity index (χ3v) is 3.35. The van der Waals surface area contributed by atoms with Crippen molar-refractivity contribution in [2.75, 3.05) is 7.11 Å². The van der Waals surface area contributed by atoms with Crippen molar-refractivity contribution in [2.45, 2.75) is 13.0 Å². The van der Waals surface area contributed by atoms with E-state index < -0.39 is 23.7 Å². The summed E-state index contributed by atoms with van der Waals surface area (Å²) < 4.78 is 23.2. The molecule has 136 valence electrons. The van der Waals surface area contributed by atoms with Gasteiger partial charge >= 0.3 is 0 Å². The molecular formula is C19H19FN2O4. The van der Waals surface area contributed by atoms with Gasteiger partial charge in [0.15, 0.2) is 6.10 Å². The Hall–Kier alpha value is -3.35. The molecule has 0 aliphatic carbocycles. The summed E-state index contributed by atoms with van der Waals surface area (Å²) in [6.45, 7) is 1.51. The molecule has 0 spiro atoms. The lowest BCUT2D eigenvalue weighted by Crippen LogP contribution is -2.46. The van der Waals surface area contributed by atoms with Crippen molar-refractivity contribution in [3.63, 3.8) is 0 Å². The monoisotopic (exact) mass is 358 g/mol. The molecule has 0 unspecified atom stereocenters. The number of nitrogens with one attached hydrogen (secondary N) is 2. The van der Waals surface area contributed by atoms with Crippen LogP contribution in [0.25, 0.3) is 6.08 Å². The molecule has 0 saturated carbocycles. The van der Waals surface area contributed by atoms with Crippen LogP contribution in [0.5, 0.6) is 11.5 Å². The number of hydrazine groups is 1. The average Bonchev–Trinajstić information content (AvgIpc) is 2.66. The van der Waals surface area contributed by atoms with Crippen molar-refractivity contribution < 1.29 is 23.5 Å². The smallest absolute Gasteiger partial charge is 0.279 e. The first-order valence-electron chi connectivity index (χ1n) is 7.82. The quantitative estimate of drug-likeness (QED) is 0.614. The van der Waals surface area contributed by atoms with E-state index in [1.807, 2.05) is 0 Å². The van der Waals surface area contributed by atoms with Crippen LogP contribution in [-0.2, 0) is 9.59 Å². The standard InChI is InChI=1S/C19H19FN2O4/c1-13(26-17-10-6-15(20)7-11-17)19(24)22-21-18(23)12-5-14-3-8-16(25-2)9-4-14/h3-13H,1-2H3,(H,21,23)(H,22,24)/b12-5+/t13-/m1/s1. The fourth-order valence-electron chi connectivity index (χ4n) is 1.92. The van der Waals surface area contributed by atoms with Gasteiger partial charge in [-0.1, -0.05) is 12.1 Å². The second-order valence-electron chi connectivity index (χ2n) is 5.30. The zero-order valence-corrected chi connectivity index (χ0v) is 14.4. The van der Waals surface area contributed by atoms with Gasteiger partial charge in [-0.15, -0.1) is 0 Å². The van der Waals surface area contributed by atoms with Crippen LogP contribution in [-0.4, -0.2) is 25.0 Å². The van der Waals surface area contributed by atoms with E-state index in [1.165, 1.54) is 37.3 Å². The number of benzene rings is 2. The molecule has 2 amide bonds. The van der Waals surface area contributed by atoms with Crippen LogP contribution >= 0.6 is 0 Å². The number of amides is 2. The maximum atomic E-state index is 12.8. The van der Waals surface area contributed by atoms with Gasteiger partial charge in [0, 0.05) is 6.08 Å².